The molecule has 2 aromatic rings. The van der Waals surface area contributed by atoms with Crippen molar-refractivity contribution in [3.63, 3.8) is 0 Å². The molecule has 8 heteroatoms. The number of hydrogen-bond donors (Lipinski definition) is 1. The van der Waals surface area contributed by atoms with Crippen LogP contribution in [-0.2, 0) is 9.53 Å². The van der Waals surface area contributed by atoms with Gasteiger partial charge in [-0.05, 0) is 37.3 Å². The maximum Gasteiger partial charge on any atom is 0.346 e. The molecule has 0 saturated heterocycles. The predicted octanol–water partition coefficient (Wildman–Crippen LogP) is 3.55. The van der Waals surface area contributed by atoms with E-state index in [0.29, 0.717) is 16.5 Å². The van der Waals surface area contributed by atoms with Crippen LogP contribution in [0.4, 0.5) is 5.69 Å². The van der Waals surface area contributed by atoms with Crippen molar-refractivity contribution >= 4 is 29.2 Å². The van der Waals surface area contributed by atoms with Crippen LogP contribution < -0.4 is 19.5 Å². The minimum absolute atomic E-state index is 0.0995. The van der Waals surface area contributed by atoms with E-state index in [2.05, 4.69) is 5.32 Å². The van der Waals surface area contributed by atoms with Crippen LogP contribution in [0.3, 0.4) is 0 Å². The van der Waals surface area contributed by atoms with E-state index < -0.39 is 18.0 Å². The third kappa shape index (κ3) is 4.83. The summed E-state index contributed by atoms with van der Waals surface area (Å²) in [6.07, 6.45) is -1.09. The number of carbonyl (C=O) groups excluding carboxylic acids is 2. The number of anilines is 1. The van der Waals surface area contributed by atoms with Crippen molar-refractivity contribution in [3.05, 3.63) is 47.0 Å². The lowest BCUT2D eigenvalue weighted by Crippen LogP contribution is -2.30. The second kappa shape index (κ2) is 9.14. The molecule has 0 aromatic heterocycles. The minimum Gasteiger partial charge on any atom is -0.496 e. The van der Waals surface area contributed by atoms with Gasteiger partial charge in [-0.2, -0.15) is 0 Å². The Balaban J connectivity index is 2.16. The van der Waals surface area contributed by atoms with Crippen molar-refractivity contribution in [3.8, 4) is 17.2 Å². The third-order valence-electron chi connectivity index (χ3n) is 3.70. The fraction of sp³-hybridized carbons (Fsp3) is 0.263. The molecule has 0 aliphatic carbocycles. The first-order valence-corrected chi connectivity index (χ1v) is 8.35. The van der Waals surface area contributed by atoms with E-state index in [1.165, 1.54) is 34.3 Å². The number of esters is 1. The first-order chi connectivity index (χ1) is 12.9. The zero-order chi connectivity index (χ0) is 20.0. The predicted molar refractivity (Wildman–Crippen MR) is 101 cm³/mol. The van der Waals surface area contributed by atoms with E-state index in [9.17, 15) is 9.59 Å². The Labute approximate surface area is 162 Å². The van der Waals surface area contributed by atoms with Crippen molar-refractivity contribution in [2.75, 3.05) is 26.6 Å². The van der Waals surface area contributed by atoms with Gasteiger partial charge in [0.2, 0.25) is 0 Å². The molecule has 0 unspecified atom stereocenters. The van der Waals surface area contributed by atoms with Crippen LogP contribution in [0.5, 0.6) is 17.2 Å². The smallest absolute Gasteiger partial charge is 0.346 e. The van der Waals surface area contributed by atoms with E-state index in [-0.39, 0.29) is 17.1 Å². The second-order valence-electron chi connectivity index (χ2n) is 5.42. The molecule has 0 fully saturated rings. The van der Waals surface area contributed by atoms with Crippen LogP contribution in [0.15, 0.2) is 36.4 Å². The number of benzene rings is 2. The van der Waals surface area contributed by atoms with E-state index in [0.717, 1.165) is 0 Å². The monoisotopic (exact) mass is 393 g/mol. The van der Waals surface area contributed by atoms with Crippen LogP contribution in [0.25, 0.3) is 0 Å². The number of methoxy groups -OCH3 is 3. The number of hydrogen-bond acceptors (Lipinski definition) is 6. The van der Waals surface area contributed by atoms with Crippen molar-refractivity contribution < 1.29 is 28.5 Å². The fourth-order valence-corrected chi connectivity index (χ4v) is 2.51. The summed E-state index contributed by atoms with van der Waals surface area (Å²) in [5.41, 5.74) is 0.468. The number of carbonyl (C=O) groups is 2. The minimum atomic E-state index is -1.09. The molecule has 1 atom stereocenters. The average Bonchev–Trinajstić information content (AvgIpc) is 2.67. The highest BCUT2D eigenvalue weighted by Crippen LogP contribution is 2.30. The molecule has 0 radical (unpaired) electrons. The topological polar surface area (TPSA) is 83.1 Å². The van der Waals surface area contributed by atoms with Crippen molar-refractivity contribution in [2.24, 2.45) is 0 Å². The number of rotatable bonds is 7. The van der Waals surface area contributed by atoms with Gasteiger partial charge in [0.1, 0.15) is 22.8 Å². The van der Waals surface area contributed by atoms with E-state index in [4.69, 9.17) is 30.5 Å². The Morgan fingerprint density at radius 2 is 1.56 bits per heavy atom. The largest absolute Gasteiger partial charge is 0.496 e. The van der Waals surface area contributed by atoms with Crippen LogP contribution in [0.1, 0.15) is 17.3 Å². The Kier molecular flexibility index (Phi) is 6.90. The highest BCUT2D eigenvalue weighted by molar-refractivity contribution is 6.31. The second-order valence-corrected chi connectivity index (χ2v) is 5.86. The normalized spacial score (nSPS) is 11.3. The maximum absolute atomic E-state index is 12.5. The summed E-state index contributed by atoms with van der Waals surface area (Å²) in [6, 6.07) is 9.66. The fourth-order valence-electron chi connectivity index (χ4n) is 2.34. The van der Waals surface area contributed by atoms with Gasteiger partial charge in [-0.15, -0.1) is 0 Å². The average molecular weight is 394 g/mol. The Morgan fingerprint density at radius 1 is 0.963 bits per heavy atom. The maximum atomic E-state index is 12.5. The summed E-state index contributed by atoms with van der Waals surface area (Å²) in [7, 11) is 4.32. The van der Waals surface area contributed by atoms with Gasteiger partial charge >= 0.3 is 5.97 Å². The molecule has 0 spiro atoms. The number of nitrogens with one attached hydrogen (secondary N) is 1. The van der Waals surface area contributed by atoms with Gasteiger partial charge in [-0.3, -0.25) is 4.79 Å². The van der Waals surface area contributed by atoms with E-state index in [1.54, 1.807) is 30.3 Å². The van der Waals surface area contributed by atoms with Crippen LogP contribution >= 0.6 is 11.6 Å². The van der Waals surface area contributed by atoms with E-state index >= 15 is 0 Å². The molecule has 0 saturated carbocycles. The lowest BCUT2D eigenvalue weighted by Gasteiger charge is -2.17. The lowest BCUT2D eigenvalue weighted by molar-refractivity contribution is -0.123. The third-order valence-corrected chi connectivity index (χ3v) is 3.94. The molecule has 0 aliphatic rings. The number of ether oxygens (including phenoxy) is 4. The summed E-state index contributed by atoms with van der Waals surface area (Å²) in [6.45, 7) is 1.45. The molecule has 0 bridgehead atoms. The Hall–Kier alpha value is -2.93. The molecular weight excluding hydrogens is 374 g/mol. The highest BCUT2D eigenvalue weighted by atomic mass is 35.5. The first kappa shape index (κ1) is 20.4. The lowest BCUT2D eigenvalue weighted by atomic mass is 10.1. The highest BCUT2D eigenvalue weighted by Gasteiger charge is 2.25. The first-order valence-electron chi connectivity index (χ1n) is 7.97. The summed E-state index contributed by atoms with van der Waals surface area (Å²) in [4.78, 5) is 25.0. The molecule has 2 aromatic carbocycles. The summed E-state index contributed by atoms with van der Waals surface area (Å²) < 4.78 is 20.8. The van der Waals surface area contributed by atoms with Crippen LogP contribution in [-0.4, -0.2) is 39.3 Å². The number of amides is 1. The van der Waals surface area contributed by atoms with Gasteiger partial charge in [0.15, 0.2) is 6.10 Å². The molecule has 0 aliphatic heterocycles. The standard InChI is InChI=1S/C19H20ClNO6/c1-11(18(22)21-13-10-12(20)8-9-14(13)24-2)27-19(23)17-15(25-3)6-5-7-16(17)26-4/h5-11H,1-4H3,(H,21,22)/t11-/m0/s1. The molecule has 7 nitrogen and oxygen atoms in total. The van der Waals surface area contributed by atoms with E-state index in [1.807, 2.05) is 0 Å². The molecule has 144 valence electrons. The summed E-state index contributed by atoms with van der Waals surface area (Å²) in [5.74, 6) is -0.299. The number of halogens is 1. The van der Waals surface area contributed by atoms with Crippen LogP contribution in [0.2, 0.25) is 5.02 Å². The molecule has 1 amide bonds. The Morgan fingerprint density at radius 3 is 2.11 bits per heavy atom. The van der Waals surface area contributed by atoms with Gasteiger partial charge in [0, 0.05) is 5.02 Å². The zero-order valence-electron chi connectivity index (χ0n) is 15.4. The summed E-state index contributed by atoms with van der Waals surface area (Å²) in [5, 5.41) is 3.05. The SMILES string of the molecule is COc1ccc(Cl)cc1NC(=O)[C@H](C)OC(=O)c1c(OC)cccc1OC. The molecular formula is C19H20ClNO6. The van der Waals surface area contributed by atoms with Crippen molar-refractivity contribution in [1.29, 1.82) is 0 Å². The molecule has 2 rings (SSSR count). The summed E-state index contributed by atoms with van der Waals surface area (Å²) >= 11 is 5.95. The van der Waals surface area contributed by atoms with Gasteiger partial charge in [0.05, 0.1) is 27.0 Å². The quantitative estimate of drug-likeness (QED) is 0.724. The van der Waals surface area contributed by atoms with Crippen molar-refractivity contribution in [1.82, 2.24) is 0 Å². The van der Waals surface area contributed by atoms with Crippen LogP contribution in [0, 0.1) is 0 Å². The molecule has 0 heterocycles. The molecule has 27 heavy (non-hydrogen) atoms. The van der Waals surface area contributed by atoms with Gasteiger partial charge < -0.3 is 24.3 Å². The Bertz CT molecular complexity index is 817. The molecule has 1 N–H and O–H groups in total. The van der Waals surface area contributed by atoms with Gasteiger partial charge in [-0.1, -0.05) is 17.7 Å². The van der Waals surface area contributed by atoms with Crippen molar-refractivity contribution in [2.45, 2.75) is 13.0 Å². The van der Waals surface area contributed by atoms with Gasteiger partial charge in [0.25, 0.3) is 5.91 Å². The van der Waals surface area contributed by atoms with Gasteiger partial charge in [-0.25, -0.2) is 4.79 Å². The zero-order valence-corrected chi connectivity index (χ0v) is 16.1.